The molecule has 1 fully saturated rings. The van der Waals surface area contributed by atoms with Crippen LogP contribution in [0.3, 0.4) is 0 Å². The quantitative estimate of drug-likeness (QED) is 0.885. The molecule has 2 nitrogen and oxygen atoms in total. The minimum atomic E-state index is 0.543. The van der Waals surface area contributed by atoms with Crippen LogP contribution in [0.1, 0.15) is 45.1 Å². The van der Waals surface area contributed by atoms with Gasteiger partial charge in [0.2, 0.25) is 0 Å². The molecule has 0 saturated heterocycles. The summed E-state index contributed by atoms with van der Waals surface area (Å²) in [5.41, 5.74) is 3.33. The third-order valence-corrected chi connectivity index (χ3v) is 4.60. The van der Waals surface area contributed by atoms with E-state index in [1.165, 1.54) is 36.9 Å². The van der Waals surface area contributed by atoms with Crippen molar-refractivity contribution in [1.82, 2.24) is 5.32 Å². The van der Waals surface area contributed by atoms with Gasteiger partial charge in [-0.25, -0.2) is 0 Å². The highest BCUT2D eigenvalue weighted by molar-refractivity contribution is 5.53. The average Bonchev–Trinajstić information content (AvgIpc) is 2.39. The number of para-hydroxylation sites is 1. The molecule has 0 atom stereocenters. The fourth-order valence-electron chi connectivity index (χ4n) is 3.16. The number of nitrogens with one attached hydrogen (secondary N) is 1. The third-order valence-electron chi connectivity index (χ3n) is 4.60. The summed E-state index contributed by atoms with van der Waals surface area (Å²) in [6.45, 7) is 5.75. The van der Waals surface area contributed by atoms with Crippen LogP contribution in [0, 0.1) is 5.41 Å². The molecule has 1 aromatic rings. The molecule has 0 aromatic heterocycles. The van der Waals surface area contributed by atoms with Crippen molar-refractivity contribution in [3.05, 3.63) is 29.8 Å². The standard InChI is InChI=1S/C17H28N2/c1-17(2)11-9-15(10-12-17)19(4)16-8-6-5-7-14(16)13-18-3/h5-8,15,18H,9-13H2,1-4H3. The van der Waals surface area contributed by atoms with Crippen molar-refractivity contribution in [1.29, 1.82) is 0 Å². The zero-order valence-electron chi connectivity index (χ0n) is 12.9. The van der Waals surface area contributed by atoms with E-state index in [4.69, 9.17) is 0 Å². The minimum Gasteiger partial charge on any atom is -0.371 e. The lowest BCUT2D eigenvalue weighted by molar-refractivity contribution is 0.222. The average molecular weight is 260 g/mol. The summed E-state index contributed by atoms with van der Waals surface area (Å²) in [6.07, 6.45) is 5.32. The molecule has 1 aromatic carbocycles. The highest BCUT2D eigenvalue weighted by atomic mass is 15.1. The fraction of sp³-hybridized carbons (Fsp3) is 0.647. The van der Waals surface area contributed by atoms with Gasteiger partial charge in [0.15, 0.2) is 0 Å². The van der Waals surface area contributed by atoms with Gasteiger partial charge in [-0.3, -0.25) is 0 Å². The molecule has 0 aliphatic heterocycles. The third kappa shape index (κ3) is 3.50. The summed E-state index contributed by atoms with van der Waals surface area (Å²) in [6, 6.07) is 9.47. The molecular weight excluding hydrogens is 232 g/mol. The first-order chi connectivity index (χ1) is 9.03. The Bertz CT molecular complexity index is 401. The first-order valence-electron chi connectivity index (χ1n) is 7.49. The van der Waals surface area contributed by atoms with Gasteiger partial charge in [0.05, 0.1) is 0 Å². The molecule has 1 N–H and O–H groups in total. The van der Waals surface area contributed by atoms with Gasteiger partial charge in [-0.05, 0) is 49.8 Å². The maximum atomic E-state index is 3.27. The number of rotatable bonds is 4. The number of anilines is 1. The summed E-state index contributed by atoms with van der Waals surface area (Å²) in [5, 5.41) is 3.27. The topological polar surface area (TPSA) is 15.3 Å². The van der Waals surface area contributed by atoms with Crippen molar-refractivity contribution in [2.24, 2.45) is 5.41 Å². The predicted molar refractivity (Wildman–Crippen MR) is 83.6 cm³/mol. The molecule has 0 amide bonds. The van der Waals surface area contributed by atoms with E-state index in [-0.39, 0.29) is 0 Å². The molecule has 0 bridgehead atoms. The largest absolute Gasteiger partial charge is 0.371 e. The van der Waals surface area contributed by atoms with Crippen LogP contribution in [-0.2, 0) is 6.54 Å². The van der Waals surface area contributed by atoms with Gasteiger partial charge in [-0.15, -0.1) is 0 Å². The van der Waals surface area contributed by atoms with Gasteiger partial charge in [-0.2, -0.15) is 0 Å². The van der Waals surface area contributed by atoms with Gasteiger partial charge >= 0.3 is 0 Å². The van der Waals surface area contributed by atoms with Crippen LogP contribution >= 0.6 is 0 Å². The second-order valence-electron chi connectivity index (χ2n) is 6.67. The highest BCUT2D eigenvalue weighted by Gasteiger charge is 2.29. The highest BCUT2D eigenvalue weighted by Crippen LogP contribution is 2.38. The van der Waals surface area contributed by atoms with Crippen molar-refractivity contribution >= 4 is 5.69 Å². The summed E-state index contributed by atoms with van der Waals surface area (Å²) in [4.78, 5) is 2.50. The molecule has 0 heterocycles. The van der Waals surface area contributed by atoms with Crippen molar-refractivity contribution in [3.63, 3.8) is 0 Å². The normalized spacial score (nSPS) is 19.4. The first-order valence-corrected chi connectivity index (χ1v) is 7.49. The van der Waals surface area contributed by atoms with Crippen LogP contribution in [0.15, 0.2) is 24.3 Å². The van der Waals surface area contributed by atoms with Crippen LogP contribution < -0.4 is 10.2 Å². The Morgan fingerprint density at radius 1 is 1.21 bits per heavy atom. The number of benzene rings is 1. The van der Waals surface area contributed by atoms with Crippen molar-refractivity contribution in [2.75, 3.05) is 19.0 Å². The summed E-state index contributed by atoms with van der Waals surface area (Å²) in [7, 11) is 4.28. The first kappa shape index (κ1) is 14.4. The minimum absolute atomic E-state index is 0.543. The maximum Gasteiger partial charge on any atom is 0.0411 e. The van der Waals surface area contributed by atoms with Gasteiger partial charge in [0.25, 0.3) is 0 Å². The predicted octanol–water partition coefficient (Wildman–Crippen LogP) is 3.81. The maximum absolute atomic E-state index is 3.27. The lowest BCUT2D eigenvalue weighted by Gasteiger charge is -2.40. The number of hydrogen-bond donors (Lipinski definition) is 1. The van der Waals surface area contributed by atoms with Gasteiger partial charge in [0, 0.05) is 25.3 Å². The molecule has 2 rings (SSSR count). The lowest BCUT2D eigenvalue weighted by Crippen LogP contribution is -2.37. The lowest BCUT2D eigenvalue weighted by atomic mass is 9.75. The van der Waals surface area contributed by atoms with E-state index in [9.17, 15) is 0 Å². The van der Waals surface area contributed by atoms with E-state index in [0.717, 1.165) is 6.54 Å². The molecular formula is C17H28N2. The van der Waals surface area contributed by atoms with E-state index in [0.29, 0.717) is 11.5 Å². The number of hydrogen-bond acceptors (Lipinski definition) is 2. The van der Waals surface area contributed by atoms with Crippen molar-refractivity contribution in [3.8, 4) is 0 Å². The molecule has 0 spiro atoms. The summed E-state index contributed by atoms with van der Waals surface area (Å²) >= 11 is 0. The zero-order valence-corrected chi connectivity index (χ0v) is 12.9. The van der Waals surface area contributed by atoms with Crippen LogP contribution in [0.4, 0.5) is 5.69 Å². The fourth-order valence-corrected chi connectivity index (χ4v) is 3.16. The number of nitrogens with zero attached hydrogens (tertiary/aromatic N) is 1. The Kier molecular flexibility index (Phi) is 4.51. The van der Waals surface area contributed by atoms with Crippen LogP contribution in [-0.4, -0.2) is 20.1 Å². The molecule has 106 valence electrons. The summed E-state index contributed by atoms with van der Waals surface area (Å²) < 4.78 is 0. The molecule has 1 aliphatic rings. The molecule has 1 aliphatic carbocycles. The second-order valence-corrected chi connectivity index (χ2v) is 6.67. The van der Waals surface area contributed by atoms with E-state index >= 15 is 0 Å². The Morgan fingerprint density at radius 2 is 1.84 bits per heavy atom. The van der Waals surface area contributed by atoms with E-state index < -0.39 is 0 Å². The SMILES string of the molecule is CNCc1ccccc1N(C)C1CCC(C)(C)CC1. The van der Waals surface area contributed by atoms with Crippen molar-refractivity contribution in [2.45, 2.75) is 52.1 Å². The molecule has 0 radical (unpaired) electrons. The van der Waals surface area contributed by atoms with E-state index in [2.05, 4.69) is 55.4 Å². The molecule has 2 heteroatoms. The van der Waals surface area contributed by atoms with Crippen LogP contribution in [0.5, 0.6) is 0 Å². The Balaban J connectivity index is 2.09. The van der Waals surface area contributed by atoms with Gasteiger partial charge < -0.3 is 10.2 Å². The summed E-state index contributed by atoms with van der Waals surface area (Å²) in [5.74, 6) is 0. The van der Waals surface area contributed by atoms with Gasteiger partial charge in [-0.1, -0.05) is 32.0 Å². The molecule has 0 unspecified atom stereocenters. The molecule has 19 heavy (non-hydrogen) atoms. The smallest absolute Gasteiger partial charge is 0.0411 e. The molecule has 1 saturated carbocycles. The Morgan fingerprint density at radius 3 is 2.47 bits per heavy atom. The van der Waals surface area contributed by atoms with Crippen molar-refractivity contribution < 1.29 is 0 Å². The monoisotopic (exact) mass is 260 g/mol. The second kappa shape index (κ2) is 5.96. The van der Waals surface area contributed by atoms with E-state index in [1.54, 1.807) is 0 Å². The van der Waals surface area contributed by atoms with E-state index in [1.807, 2.05) is 7.05 Å². The Hall–Kier alpha value is -1.02. The van der Waals surface area contributed by atoms with Gasteiger partial charge in [0.1, 0.15) is 0 Å². The van der Waals surface area contributed by atoms with Crippen LogP contribution in [0.25, 0.3) is 0 Å². The van der Waals surface area contributed by atoms with Crippen LogP contribution in [0.2, 0.25) is 0 Å². The Labute approximate surface area is 118 Å². The zero-order chi connectivity index (χ0) is 13.9.